The highest BCUT2D eigenvalue weighted by atomic mass is 79.9. The number of halogens is 1. The van der Waals surface area contributed by atoms with E-state index >= 15 is 0 Å². The number of pyridine rings is 1. The Hall–Kier alpha value is -0.610. The summed E-state index contributed by atoms with van der Waals surface area (Å²) in [6.45, 7) is 4.91. The molecule has 0 bridgehead atoms. The standard InChI is InChI=1S/C15H22BrN3/c16-10-13-4-5-15(17-11-13)19-9-6-14(12-19)18-7-2-1-3-8-18/h4-5,11,14H,1-3,6-10,12H2. The maximum Gasteiger partial charge on any atom is 0.128 e. The zero-order chi connectivity index (χ0) is 13.1. The molecule has 2 fully saturated rings. The minimum atomic E-state index is 0.748. The Labute approximate surface area is 124 Å². The third kappa shape index (κ3) is 3.11. The smallest absolute Gasteiger partial charge is 0.128 e. The fourth-order valence-corrected chi connectivity index (χ4v) is 3.55. The normalized spacial score (nSPS) is 24.9. The Balaban J connectivity index is 1.61. The molecule has 1 atom stereocenters. The van der Waals surface area contributed by atoms with E-state index in [0.29, 0.717) is 0 Å². The van der Waals surface area contributed by atoms with E-state index in [1.807, 2.05) is 6.20 Å². The van der Waals surface area contributed by atoms with Gasteiger partial charge in [-0.05, 0) is 44.0 Å². The molecule has 2 saturated heterocycles. The van der Waals surface area contributed by atoms with Gasteiger partial charge < -0.3 is 4.90 Å². The summed E-state index contributed by atoms with van der Waals surface area (Å²) < 4.78 is 0. The van der Waals surface area contributed by atoms with Gasteiger partial charge >= 0.3 is 0 Å². The van der Waals surface area contributed by atoms with Gasteiger partial charge in [-0.3, -0.25) is 4.90 Å². The summed E-state index contributed by atoms with van der Waals surface area (Å²) in [5.74, 6) is 1.14. The molecule has 0 amide bonds. The van der Waals surface area contributed by atoms with E-state index in [-0.39, 0.29) is 0 Å². The van der Waals surface area contributed by atoms with Crippen molar-refractivity contribution < 1.29 is 0 Å². The van der Waals surface area contributed by atoms with Crippen LogP contribution in [0.3, 0.4) is 0 Å². The molecule has 0 aliphatic carbocycles. The van der Waals surface area contributed by atoms with Gasteiger partial charge in [-0.15, -0.1) is 0 Å². The van der Waals surface area contributed by atoms with E-state index in [1.54, 1.807) is 0 Å². The second kappa shape index (κ2) is 6.23. The van der Waals surface area contributed by atoms with E-state index in [1.165, 1.54) is 44.3 Å². The predicted molar refractivity (Wildman–Crippen MR) is 82.9 cm³/mol. The molecule has 1 unspecified atom stereocenters. The van der Waals surface area contributed by atoms with E-state index in [2.05, 4.69) is 42.8 Å². The molecule has 0 spiro atoms. The van der Waals surface area contributed by atoms with E-state index < -0.39 is 0 Å². The summed E-state index contributed by atoms with van der Waals surface area (Å²) in [5.41, 5.74) is 1.25. The fraction of sp³-hybridized carbons (Fsp3) is 0.667. The first-order valence-electron chi connectivity index (χ1n) is 7.37. The van der Waals surface area contributed by atoms with Crippen LogP contribution in [0.1, 0.15) is 31.2 Å². The van der Waals surface area contributed by atoms with Crippen molar-refractivity contribution in [2.24, 2.45) is 0 Å². The van der Waals surface area contributed by atoms with Gasteiger partial charge in [-0.2, -0.15) is 0 Å². The van der Waals surface area contributed by atoms with Gasteiger partial charge in [0.1, 0.15) is 5.82 Å². The summed E-state index contributed by atoms with van der Waals surface area (Å²) in [4.78, 5) is 9.72. The van der Waals surface area contributed by atoms with Gasteiger partial charge in [0.25, 0.3) is 0 Å². The van der Waals surface area contributed by atoms with E-state index in [9.17, 15) is 0 Å². The van der Waals surface area contributed by atoms with Crippen LogP contribution in [-0.4, -0.2) is 42.1 Å². The summed E-state index contributed by atoms with van der Waals surface area (Å²) in [7, 11) is 0. The molecule has 0 saturated carbocycles. The molecule has 104 valence electrons. The maximum atomic E-state index is 4.59. The van der Waals surface area contributed by atoms with Crippen LogP contribution in [0.5, 0.6) is 0 Å². The molecule has 3 heterocycles. The Bertz CT molecular complexity index is 400. The second-order valence-electron chi connectivity index (χ2n) is 5.64. The van der Waals surface area contributed by atoms with Crippen molar-refractivity contribution in [3.8, 4) is 0 Å². The van der Waals surface area contributed by atoms with Crippen LogP contribution in [0.2, 0.25) is 0 Å². The van der Waals surface area contributed by atoms with Crippen LogP contribution in [0.25, 0.3) is 0 Å². The number of aromatic nitrogens is 1. The highest BCUT2D eigenvalue weighted by Crippen LogP contribution is 2.24. The molecule has 0 radical (unpaired) electrons. The molecule has 2 aliphatic rings. The number of nitrogens with zero attached hydrogens (tertiary/aromatic N) is 3. The van der Waals surface area contributed by atoms with Crippen LogP contribution in [0.15, 0.2) is 18.3 Å². The summed E-state index contributed by atoms with van der Waals surface area (Å²) in [6.07, 6.45) is 7.46. The largest absolute Gasteiger partial charge is 0.355 e. The van der Waals surface area contributed by atoms with Gasteiger partial charge in [0.2, 0.25) is 0 Å². The van der Waals surface area contributed by atoms with Crippen molar-refractivity contribution in [3.05, 3.63) is 23.9 Å². The number of anilines is 1. The Morgan fingerprint density at radius 1 is 1.16 bits per heavy atom. The quantitative estimate of drug-likeness (QED) is 0.797. The summed E-state index contributed by atoms with van der Waals surface area (Å²) >= 11 is 3.47. The second-order valence-corrected chi connectivity index (χ2v) is 6.20. The van der Waals surface area contributed by atoms with Crippen molar-refractivity contribution in [3.63, 3.8) is 0 Å². The number of likely N-dealkylation sites (tertiary alicyclic amines) is 1. The predicted octanol–water partition coefficient (Wildman–Crippen LogP) is 3.04. The molecule has 4 heteroatoms. The van der Waals surface area contributed by atoms with Crippen LogP contribution >= 0.6 is 15.9 Å². The Kier molecular flexibility index (Phi) is 4.38. The molecular weight excluding hydrogens is 302 g/mol. The minimum Gasteiger partial charge on any atom is -0.355 e. The lowest BCUT2D eigenvalue weighted by atomic mass is 10.1. The first-order chi connectivity index (χ1) is 9.36. The van der Waals surface area contributed by atoms with Crippen LogP contribution < -0.4 is 4.90 Å². The van der Waals surface area contributed by atoms with Gasteiger partial charge in [-0.1, -0.05) is 28.4 Å². The third-order valence-electron chi connectivity index (χ3n) is 4.36. The lowest BCUT2D eigenvalue weighted by Gasteiger charge is -2.32. The topological polar surface area (TPSA) is 19.4 Å². The van der Waals surface area contributed by atoms with Gasteiger partial charge in [0.15, 0.2) is 0 Å². The summed E-state index contributed by atoms with van der Waals surface area (Å²) in [6, 6.07) is 5.08. The molecule has 3 nitrogen and oxygen atoms in total. The SMILES string of the molecule is BrCc1ccc(N2CCC(N3CCCCC3)C2)nc1. The van der Waals surface area contributed by atoms with Gasteiger partial charge in [0, 0.05) is 30.7 Å². The first kappa shape index (κ1) is 13.4. The fourth-order valence-electron chi connectivity index (χ4n) is 3.21. The highest BCUT2D eigenvalue weighted by Gasteiger charge is 2.28. The maximum absolute atomic E-state index is 4.59. The van der Waals surface area contributed by atoms with Crippen molar-refractivity contribution in [2.45, 2.75) is 37.1 Å². The zero-order valence-electron chi connectivity index (χ0n) is 11.4. The Morgan fingerprint density at radius 3 is 2.68 bits per heavy atom. The molecule has 1 aromatic heterocycles. The van der Waals surface area contributed by atoms with Crippen LogP contribution in [0, 0.1) is 0 Å². The number of piperidine rings is 1. The van der Waals surface area contributed by atoms with Crippen molar-refractivity contribution in [2.75, 3.05) is 31.1 Å². The zero-order valence-corrected chi connectivity index (χ0v) is 13.0. The van der Waals surface area contributed by atoms with Crippen LogP contribution in [-0.2, 0) is 5.33 Å². The highest BCUT2D eigenvalue weighted by molar-refractivity contribution is 9.08. The van der Waals surface area contributed by atoms with E-state index in [0.717, 1.165) is 30.3 Å². The Morgan fingerprint density at radius 2 is 2.00 bits per heavy atom. The minimum absolute atomic E-state index is 0.748. The average molecular weight is 324 g/mol. The van der Waals surface area contributed by atoms with Crippen LogP contribution in [0.4, 0.5) is 5.82 Å². The lowest BCUT2D eigenvalue weighted by molar-refractivity contribution is 0.175. The molecule has 0 aromatic carbocycles. The average Bonchev–Trinajstić information content (AvgIpc) is 2.98. The molecule has 2 aliphatic heterocycles. The number of rotatable bonds is 3. The first-order valence-corrected chi connectivity index (χ1v) is 8.49. The number of alkyl halides is 1. The van der Waals surface area contributed by atoms with Crippen molar-refractivity contribution >= 4 is 21.7 Å². The molecule has 3 rings (SSSR count). The third-order valence-corrected chi connectivity index (χ3v) is 5.01. The summed E-state index contributed by atoms with van der Waals surface area (Å²) in [5, 5.41) is 0.886. The van der Waals surface area contributed by atoms with Gasteiger partial charge in [0.05, 0.1) is 0 Å². The van der Waals surface area contributed by atoms with E-state index in [4.69, 9.17) is 0 Å². The van der Waals surface area contributed by atoms with Crippen molar-refractivity contribution in [1.82, 2.24) is 9.88 Å². The number of hydrogen-bond donors (Lipinski definition) is 0. The lowest BCUT2D eigenvalue weighted by Crippen LogP contribution is -2.40. The monoisotopic (exact) mass is 323 g/mol. The molecule has 1 aromatic rings. The molecule has 19 heavy (non-hydrogen) atoms. The molecule has 0 N–H and O–H groups in total. The van der Waals surface area contributed by atoms with Crippen molar-refractivity contribution in [1.29, 1.82) is 0 Å². The molecular formula is C15H22BrN3. The van der Waals surface area contributed by atoms with Gasteiger partial charge in [-0.25, -0.2) is 4.98 Å². The number of hydrogen-bond acceptors (Lipinski definition) is 3.